The molecule has 0 spiro atoms. The second kappa shape index (κ2) is 7.66. The highest BCUT2D eigenvalue weighted by atomic mass is 19.1. The summed E-state index contributed by atoms with van der Waals surface area (Å²) in [6.45, 7) is 2.81. The third-order valence-electron chi connectivity index (χ3n) is 3.51. The fourth-order valence-corrected chi connectivity index (χ4v) is 2.10. The minimum absolute atomic E-state index is 0.219. The molecule has 0 aliphatic heterocycles. The molecule has 1 atom stereocenters. The predicted molar refractivity (Wildman–Crippen MR) is 83.8 cm³/mol. The van der Waals surface area contributed by atoms with E-state index in [-0.39, 0.29) is 11.5 Å². The monoisotopic (exact) mass is 301 g/mol. The molecule has 1 heterocycles. The van der Waals surface area contributed by atoms with Gasteiger partial charge in [0.25, 0.3) is 5.91 Å². The van der Waals surface area contributed by atoms with Crippen LogP contribution >= 0.6 is 0 Å². The average Bonchev–Trinajstić information content (AvgIpc) is 2.52. The lowest BCUT2D eigenvalue weighted by atomic mass is 10.1. The summed E-state index contributed by atoms with van der Waals surface area (Å²) >= 11 is 0. The number of benzene rings is 1. The van der Waals surface area contributed by atoms with E-state index in [1.54, 1.807) is 24.4 Å². The van der Waals surface area contributed by atoms with Crippen LogP contribution in [-0.2, 0) is 13.0 Å². The molecule has 1 aromatic carbocycles. The molecular formula is C17H20FN3O. The smallest absolute Gasteiger partial charge is 0.267 e. The van der Waals surface area contributed by atoms with Crippen molar-refractivity contribution >= 4 is 5.91 Å². The first-order valence-electron chi connectivity index (χ1n) is 7.27. The van der Waals surface area contributed by atoms with Gasteiger partial charge in [0.2, 0.25) is 0 Å². The van der Waals surface area contributed by atoms with Crippen LogP contribution < -0.4 is 11.1 Å². The number of amides is 1. The Morgan fingerprint density at radius 2 is 1.91 bits per heavy atom. The van der Waals surface area contributed by atoms with Crippen molar-refractivity contribution in [1.29, 1.82) is 0 Å². The van der Waals surface area contributed by atoms with E-state index in [0.29, 0.717) is 12.6 Å². The largest absolute Gasteiger partial charge is 0.364 e. The van der Waals surface area contributed by atoms with Crippen LogP contribution in [0.25, 0.3) is 0 Å². The first-order chi connectivity index (χ1) is 10.5. The summed E-state index contributed by atoms with van der Waals surface area (Å²) in [7, 11) is 0. The Labute approximate surface area is 129 Å². The van der Waals surface area contributed by atoms with Crippen LogP contribution in [0.4, 0.5) is 4.39 Å². The van der Waals surface area contributed by atoms with Gasteiger partial charge in [0.05, 0.1) is 0 Å². The van der Waals surface area contributed by atoms with Crippen LogP contribution in [0, 0.1) is 5.82 Å². The quantitative estimate of drug-likeness (QED) is 0.825. The van der Waals surface area contributed by atoms with Gasteiger partial charge in [0.1, 0.15) is 11.5 Å². The van der Waals surface area contributed by atoms with Crippen molar-refractivity contribution in [1.82, 2.24) is 10.3 Å². The van der Waals surface area contributed by atoms with Crippen molar-refractivity contribution in [2.24, 2.45) is 5.73 Å². The Balaban J connectivity index is 1.76. The number of carbonyl (C=O) groups is 1. The number of nitrogens with two attached hydrogens (primary N) is 1. The van der Waals surface area contributed by atoms with Gasteiger partial charge >= 0.3 is 0 Å². The number of halogens is 1. The van der Waals surface area contributed by atoms with E-state index in [1.807, 2.05) is 6.07 Å². The van der Waals surface area contributed by atoms with Gasteiger partial charge in [-0.15, -0.1) is 0 Å². The highest BCUT2D eigenvalue weighted by molar-refractivity contribution is 5.90. The number of nitrogens with zero attached hydrogens (tertiary/aromatic N) is 1. The Morgan fingerprint density at radius 3 is 2.50 bits per heavy atom. The molecule has 0 bridgehead atoms. The van der Waals surface area contributed by atoms with Gasteiger partial charge < -0.3 is 11.1 Å². The molecule has 5 heteroatoms. The van der Waals surface area contributed by atoms with E-state index >= 15 is 0 Å². The number of carbonyl (C=O) groups excluding carboxylic acids is 1. The summed E-state index contributed by atoms with van der Waals surface area (Å²) in [5.41, 5.74) is 7.56. The lowest BCUT2D eigenvalue weighted by Crippen LogP contribution is -2.26. The second-order valence-electron chi connectivity index (χ2n) is 5.36. The van der Waals surface area contributed by atoms with Gasteiger partial charge in [0, 0.05) is 18.8 Å². The van der Waals surface area contributed by atoms with Crippen LogP contribution in [0.5, 0.6) is 0 Å². The van der Waals surface area contributed by atoms with Crippen molar-refractivity contribution in [2.75, 3.05) is 0 Å². The van der Waals surface area contributed by atoms with Gasteiger partial charge in [-0.1, -0.05) is 18.2 Å². The zero-order chi connectivity index (χ0) is 15.9. The molecule has 2 aromatic rings. The van der Waals surface area contributed by atoms with Crippen molar-refractivity contribution in [3.8, 4) is 0 Å². The third-order valence-corrected chi connectivity index (χ3v) is 3.51. The molecular weight excluding hydrogens is 281 g/mol. The molecule has 0 fully saturated rings. The van der Waals surface area contributed by atoms with Gasteiger partial charge in [-0.25, -0.2) is 4.39 Å². The normalized spacial score (nSPS) is 12.1. The number of hydrogen-bond donors (Lipinski definition) is 2. The Hall–Kier alpha value is -2.27. The Bertz CT molecular complexity index is 611. The zero-order valence-electron chi connectivity index (χ0n) is 12.6. The van der Waals surface area contributed by atoms with Crippen molar-refractivity contribution in [3.63, 3.8) is 0 Å². The van der Waals surface area contributed by atoms with E-state index in [1.165, 1.54) is 12.1 Å². The highest BCUT2D eigenvalue weighted by Crippen LogP contribution is 2.07. The number of aromatic nitrogens is 1. The molecule has 4 nitrogen and oxygen atoms in total. The van der Waals surface area contributed by atoms with Crippen LogP contribution in [-0.4, -0.2) is 16.9 Å². The lowest BCUT2D eigenvalue weighted by Gasteiger charge is -2.14. The summed E-state index contributed by atoms with van der Waals surface area (Å²) in [5.74, 6) is -0.732. The van der Waals surface area contributed by atoms with Crippen LogP contribution in [0.3, 0.4) is 0 Å². The molecule has 22 heavy (non-hydrogen) atoms. The summed E-state index contributed by atoms with van der Waals surface area (Å²) in [6, 6.07) is 10.3. The number of primary amides is 1. The van der Waals surface area contributed by atoms with Crippen LogP contribution in [0.2, 0.25) is 0 Å². The molecule has 1 aromatic heterocycles. The van der Waals surface area contributed by atoms with Gasteiger partial charge in [0.15, 0.2) is 0 Å². The molecule has 2 rings (SSSR count). The average molecular weight is 301 g/mol. The maximum absolute atomic E-state index is 12.8. The van der Waals surface area contributed by atoms with Crippen molar-refractivity contribution in [3.05, 3.63) is 65.2 Å². The standard InChI is InChI=1S/C17H20FN3O/c1-12(20-10-14-4-7-15(18)8-5-14)2-3-13-6-9-16(17(19)22)21-11-13/h4-9,11-12,20H,2-3,10H2,1H3,(H2,19,22). The summed E-state index contributed by atoms with van der Waals surface area (Å²) in [5, 5.41) is 3.40. The number of rotatable bonds is 7. The second-order valence-corrected chi connectivity index (χ2v) is 5.36. The summed E-state index contributed by atoms with van der Waals surface area (Å²) in [4.78, 5) is 15.0. The Morgan fingerprint density at radius 1 is 1.23 bits per heavy atom. The zero-order valence-corrected chi connectivity index (χ0v) is 12.6. The molecule has 0 saturated carbocycles. The van der Waals surface area contributed by atoms with Gasteiger partial charge in [-0.05, 0) is 49.1 Å². The minimum Gasteiger partial charge on any atom is -0.364 e. The van der Waals surface area contributed by atoms with Crippen LogP contribution in [0.15, 0.2) is 42.6 Å². The Kier molecular flexibility index (Phi) is 5.61. The van der Waals surface area contributed by atoms with E-state index in [0.717, 1.165) is 24.0 Å². The van der Waals surface area contributed by atoms with Gasteiger partial charge in [-0.2, -0.15) is 0 Å². The number of hydrogen-bond acceptors (Lipinski definition) is 3. The molecule has 1 amide bonds. The maximum atomic E-state index is 12.8. The fourth-order valence-electron chi connectivity index (χ4n) is 2.10. The van der Waals surface area contributed by atoms with Crippen molar-refractivity contribution < 1.29 is 9.18 Å². The molecule has 1 unspecified atom stereocenters. The number of pyridine rings is 1. The van der Waals surface area contributed by atoms with E-state index in [2.05, 4.69) is 17.2 Å². The molecule has 0 aliphatic rings. The fraction of sp³-hybridized carbons (Fsp3) is 0.294. The topological polar surface area (TPSA) is 68.0 Å². The van der Waals surface area contributed by atoms with Crippen molar-refractivity contribution in [2.45, 2.75) is 32.4 Å². The van der Waals surface area contributed by atoms with Gasteiger partial charge in [-0.3, -0.25) is 9.78 Å². The first kappa shape index (κ1) is 16.1. The van der Waals surface area contributed by atoms with E-state index in [4.69, 9.17) is 5.73 Å². The third kappa shape index (κ3) is 4.93. The summed E-state index contributed by atoms with van der Waals surface area (Å²) in [6.07, 6.45) is 3.50. The summed E-state index contributed by atoms with van der Waals surface area (Å²) < 4.78 is 12.8. The minimum atomic E-state index is -0.513. The molecule has 0 radical (unpaired) electrons. The SMILES string of the molecule is CC(CCc1ccc(C(N)=O)nc1)NCc1ccc(F)cc1. The van der Waals surface area contributed by atoms with Crippen LogP contribution in [0.1, 0.15) is 35.0 Å². The lowest BCUT2D eigenvalue weighted by molar-refractivity contribution is 0.0995. The highest BCUT2D eigenvalue weighted by Gasteiger charge is 2.05. The number of aryl methyl sites for hydroxylation is 1. The molecule has 3 N–H and O–H groups in total. The maximum Gasteiger partial charge on any atom is 0.267 e. The van der Waals surface area contributed by atoms with E-state index in [9.17, 15) is 9.18 Å². The molecule has 0 aliphatic carbocycles. The van der Waals surface area contributed by atoms with E-state index < -0.39 is 5.91 Å². The first-order valence-corrected chi connectivity index (χ1v) is 7.27. The number of nitrogens with one attached hydrogen (secondary N) is 1. The molecule has 0 saturated heterocycles. The predicted octanol–water partition coefficient (Wildman–Crippen LogP) is 2.43. The molecule has 116 valence electrons.